The maximum atomic E-state index is 14.0. The Kier molecular flexibility index (Phi) is 5.14. The van der Waals surface area contributed by atoms with Crippen LogP contribution in [0.15, 0.2) is 54.6 Å². The highest BCUT2D eigenvalue weighted by molar-refractivity contribution is 7.15. The molecule has 30 heavy (non-hydrogen) atoms. The Morgan fingerprint density at radius 2 is 1.77 bits per heavy atom. The zero-order valence-corrected chi connectivity index (χ0v) is 17.2. The van der Waals surface area contributed by atoms with Gasteiger partial charge in [-0.1, -0.05) is 18.2 Å². The lowest BCUT2D eigenvalue weighted by Gasteiger charge is -2.34. The molecule has 0 aliphatic carbocycles. The molecule has 2 aliphatic rings. The molecule has 2 aromatic carbocycles. The van der Waals surface area contributed by atoms with Crippen LogP contribution in [0.5, 0.6) is 11.5 Å². The number of thiophene rings is 1. The van der Waals surface area contributed by atoms with E-state index >= 15 is 0 Å². The molecule has 0 spiro atoms. The normalized spacial score (nSPS) is 16.1. The van der Waals surface area contributed by atoms with Crippen molar-refractivity contribution in [1.82, 2.24) is 9.80 Å². The van der Waals surface area contributed by atoms with Gasteiger partial charge in [-0.2, -0.15) is 0 Å². The molecule has 3 aromatic rings. The van der Waals surface area contributed by atoms with Gasteiger partial charge in [0.05, 0.1) is 0 Å². The lowest BCUT2D eigenvalue weighted by molar-refractivity contribution is 0.0629. The van der Waals surface area contributed by atoms with Crippen LogP contribution in [0.3, 0.4) is 0 Å². The van der Waals surface area contributed by atoms with E-state index < -0.39 is 0 Å². The van der Waals surface area contributed by atoms with Crippen LogP contribution >= 0.6 is 11.3 Å². The molecule has 0 radical (unpaired) electrons. The second-order valence-electron chi connectivity index (χ2n) is 7.38. The molecule has 3 heterocycles. The average Bonchev–Trinajstić information content (AvgIpc) is 3.43. The summed E-state index contributed by atoms with van der Waals surface area (Å²) in [4.78, 5) is 19.2. The van der Waals surface area contributed by atoms with Crippen LogP contribution in [-0.2, 0) is 6.54 Å². The number of ether oxygens (including phenoxy) is 2. The number of piperazine rings is 1. The standard InChI is InChI=1S/C23H21FN2O3S/c24-19-4-2-1-3-18(19)22-8-6-17(30-22)14-25-9-11-26(12-10-25)23(27)16-5-7-20-21(13-16)29-15-28-20/h1-8,13H,9-12,14-15H2. The minimum Gasteiger partial charge on any atom is -0.454 e. The SMILES string of the molecule is O=C(c1ccc2c(c1)OCO2)N1CCN(Cc2ccc(-c3ccccc3F)s2)CC1. The van der Waals surface area contributed by atoms with Crippen LogP contribution in [0.4, 0.5) is 4.39 Å². The summed E-state index contributed by atoms with van der Waals surface area (Å²) >= 11 is 1.62. The molecule has 0 saturated carbocycles. The first-order chi connectivity index (χ1) is 14.7. The molecule has 0 unspecified atom stereocenters. The lowest BCUT2D eigenvalue weighted by atomic mass is 10.1. The summed E-state index contributed by atoms with van der Waals surface area (Å²) in [6.07, 6.45) is 0. The summed E-state index contributed by atoms with van der Waals surface area (Å²) in [5.41, 5.74) is 1.27. The van der Waals surface area contributed by atoms with Crippen LogP contribution in [0, 0.1) is 5.82 Å². The van der Waals surface area contributed by atoms with Crippen LogP contribution < -0.4 is 9.47 Å². The van der Waals surface area contributed by atoms with Crippen molar-refractivity contribution in [2.45, 2.75) is 6.54 Å². The van der Waals surface area contributed by atoms with Crippen molar-refractivity contribution in [2.75, 3.05) is 33.0 Å². The first kappa shape index (κ1) is 19.1. The fraction of sp³-hybridized carbons (Fsp3) is 0.261. The van der Waals surface area contributed by atoms with E-state index in [0.717, 1.165) is 24.5 Å². The van der Waals surface area contributed by atoms with Gasteiger partial charge in [-0.3, -0.25) is 9.69 Å². The van der Waals surface area contributed by atoms with Gasteiger partial charge in [-0.15, -0.1) is 11.3 Å². The van der Waals surface area contributed by atoms with Crippen molar-refractivity contribution in [2.24, 2.45) is 0 Å². The van der Waals surface area contributed by atoms with Crippen LogP contribution in [0.25, 0.3) is 10.4 Å². The van der Waals surface area contributed by atoms with E-state index in [2.05, 4.69) is 11.0 Å². The third-order valence-corrected chi connectivity index (χ3v) is 6.56. The van der Waals surface area contributed by atoms with Gasteiger partial charge in [0.2, 0.25) is 6.79 Å². The number of carbonyl (C=O) groups is 1. The number of carbonyl (C=O) groups excluding carboxylic acids is 1. The second kappa shape index (κ2) is 8.08. The van der Waals surface area contributed by atoms with E-state index in [0.29, 0.717) is 35.7 Å². The van der Waals surface area contributed by atoms with E-state index in [1.807, 2.05) is 23.1 Å². The summed E-state index contributed by atoms with van der Waals surface area (Å²) in [5.74, 6) is 1.14. The van der Waals surface area contributed by atoms with Gasteiger partial charge in [-0.25, -0.2) is 4.39 Å². The zero-order chi connectivity index (χ0) is 20.5. The van der Waals surface area contributed by atoms with E-state index in [9.17, 15) is 9.18 Å². The summed E-state index contributed by atoms with van der Waals surface area (Å²) in [6, 6.07) is 16.2. The number of nitrogens with zero attached hydrogens (tertiary/aromatic N) is 2. The number of benzene rings is 2. The first-order valence-corrected chi connectivity index (χ1v) is 10.7. The number of fused-ring (bicyclic) bond motifs is 1. The molecule has 1 saturated heterocycles. The van der Waals surface area contributed by atoms with Crippen molar-refractivity contribution in [1.29, 1.82) is 0 Å². The van der Waals surface area contributed by atoms with E-state index in [1.165, 1.54) is 10.9 Å². The summed E-state index contributed by atoms with van der Waals surface area (Å²) in [6.45, 7) is 3.99. The van der Waals surface area contributed by atoms with Crippen molar-refractivity contribution >= 4 is 17.2 Å². The van der Waals surface area contributed by atoms with Gasteiger partial charge in [0.1, 0.15) is 5.82 Å². The Labute approximate surface area is 178 Å². The van der Waals surface area contributed by atoms with Crippen molar-refractivity contribution in [3.63, 3.8) is 0 Å². The number of hydrogen-bond donors (Lipinski definition) is 0. The number of amides is 1. The van der Waals surface area contributed by atoms with E-state index in [1.54, 1.807) is 35.6 Å². The predicted octanol–water partition coefficient (Wildman–Crippen LogP) is 4.24. The van der Waals surface area contributed by atoms with Crippen LogP contribution in [-0.4, -0.2) is 48.7 Å². The molecule has 0 N–H and O–H groups in total. The second-order valence-corrected chi connectivity index (χ2v) is 8.55. The largest absolute Gasteiger partial charge is 0.454 e. The molecule has 0 bridgehead atoms. The fourth-order valence-electron chi connectivity index (χ4n) is 3.81. The van der Waals surface area contributed by atoms with Gasteiger partial charge < -0.3 is 14.4 Å². The number of hydrogen-bond acceptors (Lipinski definition) is 5. The van der Waals surface area contributed by atoms with Crippen LogP contribution in [0.1, 0.15) is 15.2 Å². The average molecular weight is 424 g/mol. The van der Waals surface area contributed by atoms with Crippen molar-refractivity contribution in [3.8, 4) is 21.9 Å². The molecule has 7 heteroatoms. The summed E-state index contributed by atoms with van der Waals surface area (Å²) in [5, 5.41) is 0. The van der Waals surface area contributed by atoms with E-state index in [4.69, 9.17) is 9.47 Å². The van der Waals surface area contributed by atoms with Gasteiger partial charge in [-0.05, 0) is 36.4 Å². The minimum absolute atomic E-state index is 0.0194. The molecule has 5 rings (SSSR count). The van der Waals surface area contributed by atoms with E-state index in [-0.39, 0.29) is 18.5 Å². The molecular formula is C23H21FN2O3S. The predicted molar refractivity (Wildman–Crippen MR) is 113 cm³/mol. The molecule has 1 fully saturated rings. The zero-order valence-electron chi connectivity index (χ0n) is 16.3. The first-order valence-electron chi connectivity index (χ1n) is 9.92. The Bertz CT molecular complexity index is 1080. The van der Waals surface area contributed by atoms with Crippen LogP contribution in [0.2, 0.25) is 0 Å². The Morgan fingerprint density at radius 3 is 2.60 bits per heavy atom. The minimum atomic E-state index is -0.193. The molecule has 1 amide bonds. The molecule has 5 nitrogen and oxygen atoms in total. The van der Waals surface area contributed by atoms with Crippen molar-refractivity contribution in [3.05, 3.63) is 70.9 Å². The topological polar surface area (TPSA) is 42.0 Å². The lowest BCUT2D eigenvalue weighted by Crippen LogP contribution is -2.48. The van der Waals surface area contributed by atoms with Crippen molar-refractivity contribution < 1.29 is 18.7 Å². The van der Waals surface area contributed by atoms with Gasteiger partial charge in [0, 0.05) is 53.6 Å². The van der Waals surface area contributed by atoms with Gasteiger partial charge in [0.15, 0.2) is 11.5 Å². The van der Waals surface area contributed by atoms with Gasteiger partial charge >= 0.3 is 0 Å². The molecule has 1 aromatic heterocycles. The third kappa shape index (κ3) is 3.78. The maximum absolute atomic E-state index is 14.0. The highest BCUT2D eigenvalue weighted by atomic mass is 32.1. The Balaban J connectivity index is 1.19. The summed E-state index contributed by atoms with van der Waals surface area (Å²) < 4.78 is 24.7. The number of rotatable bonds is 4. The Hall–Kier alpha value is -2.90. The molecule has 154 valence electrons. The molecular weight excluding hydrogens is 403 g/mol. The smallest absolute Gasteiger partial charge is 0.254 e. The monoisotopic (exact) mass is 424 g/mol. The maximum Gasteiger partial charge on any atom is 0.254 e. The third-order valence-electron chi connectivity index (χ3n) is 5.46. The quantitative estimate of drug-likeness (QED) is 0.628. The molecule has 0 atom stereocenters. The van der Waals surface area contributed by atoms with Gasteiger partial charge in [0.25, 0.3) is 5.91 Å². The summed E-state index contributed by atoms with van der Waals surface area (Å²) in [7, 11) is 0. The highest BCUT2D eigenvalue weighted by Gasteiger charge is 2.24. The highest BCUT2D eigenvalue weighted by Crippen LogP contribution is 2.33. The molecule has 2 aliphatic heterocycles. The fourth-order valence-corrected chi connectivity index (χ4v) is 4.89. The number of halogens is 1. The Morgan fingerprint density at radius 1 is 0.967 bits per heavy atom.